The van der Waals surface area contributed by atoms with E-state index in [4.69, 9.17) is 0 Å². The van der Waals surface area contributed by atoms with Crippen LogP contribution in [0.4, 0.5) is 0 Å². The van der Waals surface area contributed by atoms with Gasteiger partial charge in [-0.25, -0.2) is 0 Å². The molecule has 1 N–H and O–H groups in total. The molecule has 0 radical (unpaired) electrons. The first-order chi connectivity index (χ1) is 8.20. The molecule has 1 aromatic rings. The predicted octanol–water partition coefficient (Wildman–Crippen LogP) is 2.25. The molecule has 3 heteroatoms. The molecule has 0 bridgehead atoms. The maximum Gasteiger partial charge on any atom is 0.220 e. The summed E-state index contributed by atoms with van der Waals surface area (Å²) < 4.78 is 0. The Labute approximate surface area is 104 Å². The highest BCUT2D eigenvalue weighted by atomic mass is 16.1. The zero-order valence-electron chi connectivity index (χ0n) is 10.4. The molecule has 1 aliphatic rings. The summed E-state index contributed by atoms with van der Waals surface area (Å²) >= 11 is 0. The van der Waals surface area contributed by atoms with E-state index in [-0.39, 0.29) is 7.33 Å². The highest BCUT2D eigenvalue weighted by molar-refractivity contribution is 5.76. The van der Waals surface area contributed by atoms with Crippen LogP contribution in [0.5, 0.6) is 0 Å². The predicted molar refractivity (Wildman–Crippen MR) is 71.3 cm³/mol. The van der Waals surface area contributed by atoms with Gasteiger partial charge < -0.3 is 10.2 Å². The second kappa shape index (κ2) is 5.04. The molecule has 1 aliphatic heterocycles. The average Bonchev–Trinajstić information content (AvgIpc) is 2.35. The number of hydrogen-bond donors (Lipinski definition) is 1. The van der Waals surface area contributed by atoms with E-state index in [1.54, 1.807) is 7.05 Å². The first-order valence-corrected chi connectivity index (χ1v) is 5.91. The first kappa shape index (κ1) is 11.7. The van der Waals surface area contributed by atoms with Crippen LogP contribution in [0.25, 0.3) is 6.08 Å². The SMILES string of the molecule is CNC(=O)CCC1=Cc2ccccc2CN1C.[HH]. The summed E-state index contributed by atoms with van der Waals surface area (Å²) in [6.07, 6.45) is 3.53. The Bertz CT molecular complexity index is 457. The smallest absolute Gasteiger partial charge is 0.220 e. The molecule has 0 aromatic heterocycles. The van der Waals surface area contributed by atoms with Gasteiger partial charge in [-0.05, 0) is 23.6 Å². The molecule has 2 rings (SSSR count). The molecule has 17 heavy (non-hydrogen) atoms. The van der Waals surface area contributed by atoms with Gasteiger partial charge in [0.15, 0.2) is 0 Å². The van der Waals surface area contributed by atoms with Crippen LogP contribution in [0.2, 0.25) is 0 Å². The number of carbonyl (C=O) groups excluding carboxylic acids is 1. The number of amides is 1. The Morgan fingerprint density at radius 2 is 2.24 bits per heavy atom. The summed E-state index contributed by atoms with van der Waals surface area (Å²) in [6, 6.07) is 8.40. The number of allylic oxidation sites excluding steroid dienone is 1. The van der Waals surface area contributed by atoms with Gasteiger partial charge in [-0.2, -0.15) is 0 Å². The zero-order valence-corrected chi connectivity index (χ0v) is 10.4. The fourth-order valence-corrected chi connectivity index (χ4v) is 2.10. The van der Waals surface area contributed by atoms with E-state index in [9.17, 15) is 4.79 Å². The van der Waals surface area contributed by atoms with Gasteiger partial charge in [-0.15, -0.1) is 0 Å². The lowest BCUT2D eigenvalue weighted by Gasteiger charge is -2.28. The van der Waals surface area contributed by atoms with Crippen LogP contribution in [0.15, 0.2) is 30.0 Å². The first-order valence-electron chi connectivity index (χ1n) is 5.91. The number of nitrogens with one attached hydrogen (secondary N) is 1. The van der Waals surface area contributed by atoms with Crippen LogP contribution >= 0.6 is 0 Å². The standard InChI is InChI=1S/C14H18N2O.H2/c1-15-14(17)8-7-13-9-11-5-3-4-6-12(11)10-16(13)2;/h3-6,9H,7-8,10H2,1-2H3,(H,15,17);1H. The molecule has 1 aromatic carbocycles. The Hall–Kier alpha value is -1.77. The molecule has 3 nitrogen and oxygen atoms in total. The van der Waals surface area contributed by atoms with Gasteiger partial charge in [0.2, 0.25) is 5.91 Å². The highest BCUT2D eigenvalue weighted by Crippen LogP contribution is 2.25. The third kappa shape index (κ3) is 2.67. The lowest BCUT2D eigenvalue weighted by molar-refractivity contribution is -0.120. The van der Waals surface area contributed by atoms with Gasteiger partial charge in [0.1, 0.15) is 0 Å². The summed E-state index contributed by atoms with van der Waals surface area (Å²) in [5.74, 6) is 0.0955. The van der Waals surface area contributed by atoms with E-state index in [0.29, 0.717) is 6.42 Å². The highest BCUT2D eigenvalue weighted by Gasteiger charge is 2.14. The van der Waals surface area contributed by atoms with Crippen LogP contribution in [0.1, 0.15) is 25.4 Å². The number of benzene rings is 1. The van der Waals surface area contributed by atoms with E-state index in [0.717, 1.165) is 13.0 Å². The number of hydrogen-bond acceptors (Lipinski definition) is 2. The van der Waals surface area contributed by atoms with E-state index >= 15 is 0 Å². The Morgan fingerprint density at radius 1 is 1.47 bits per heavy atom. The maximum atomic E-state index is 11.2. The lowest BCUT2D eigenvalue weighted by atomic mass is 10.00. The van der Waals surface area contributed by atoms with E-state index in [1.807, 2.05) is 0 Å². The van der Waals surface area contributed by atoms with Crippen LogP contribution in [-0.2, 0) is 11.3 Å². The summed E-state index contributed by atoms with van der Waals surface area (Å²) in [6.45, 7) is 0.926. The van der Waals surface area contributed by atoms with Crippen molar-refractivity contribution >= 4 is 12.0 Å². The monoisotopic (exact) mass is 232 g/mol. The van der Waals surface area contributed by atoms with Crippen LogP contribution in [0.3, 0.4) is 0 Å². The third-order valence-corrected chi connectivity index (χ3v) is 3.16. The molecule has 92 valence electrons. The molecule has 0 fully saturated rings. The number of nitrogens with zero attached hydrogens (tertiary/aromatic N) is 1. The van der Waals surface area contributed by atoms with Crippen molar-refractivity contribution in [2.75, 3.05) is 14.1 Å². The molecule has 0 saturated carbocycles. The van der Waals surface area contributed by atoms with Crippen molar-refractivity contribution in [2.24, 2.45) is 0 Å². The Kier molecular flexibility index (Phi) is 3.47. The quantitative estimate of drug-likeness (QED) is 0.867. The third-order valence-electron chi connectivity index (χ3n) is 3.16. The summed E-state index contributed by atoms with van der Waals surface area (Å²) in [5, 5.41) is 2.65. The van der Waals surface area contributed by atoms with Crippen molar-refractivity contribution in [3.8, 4) is 0 Å². The molecule has 0 aliphatic carbocycles. The normalized spacial score (nSPS) is 14.0. The minimum Gasteiger partial charge on any atom is -0.374 e. The van der Waals surface area contributed by atoms with Crippen molar-refractivity contribution in [1.82, 2.24) is 10.2 Å². The zero-order chi connectivity index (χ0) is 12.3. The van der Waals surface area contributed by atoms with Gasteiger partial charge in [0.25, 0.3) is 0 Å². The topological polar surface area (TPSA) is 32.3 Å². The van der Waals surface area contributed by atoms with Crippen molar-refractivity contribution in [1.29, 1.82) is 0 Å². The van der Waals surface area contributed by atoms with Gasteiger partial charge in [-0.3, -0.25) is 4.79 Å². The van der Waals surface area contributed by atoms with Gasteiger partial charge >= 0.3 is 0 Å². The Balaban J connectivity index is 0.00000162. The molecular weight excluding hydrogens is 212 g/mol. The summed E-state index contributed by atoms with van der Waals surface area (Å²) in [4.78, 5) is 13.5. The van der Waals surface area contributed by atoms with Crippen molar-refractivity contribution in [3.63, 3.8) is 0 Å². The van der Waals surface area contributed by atoms with Crippen molar-refractivity contribution in [2.45, 2.75) is 19.4 Å². The van der Waals surface area contributed by atoms with Gasteiger partial charge in [0, 0.05) is 34.2 Å². The van der Waals surface area contributed by atoms with Crippen LogP contribution in [-0.4, -0.2) is 24.9 Å². The maximum absolute atomic E-state index is 11.2. The largest absolute Gasteiger partial charge is 0.374 e. The van der Waals surface area contributed by atoms with E-state index in [2.05, 4.69) is 47.6 Å². The average molecular weight is 232 g/mol. The molecule has 0 atom stereocenters. The second-order valence-corrected chi connectivity index (χ2v) is 4.36. The van der Waals surface area contributed by atoms with E-state index < -0.39 is 0 Å². The molecule has 1 heterocycles. The van der Waals surface area contributed by atoms with Crippen LogP contribution < -0.4 is 5.32 Å². The minimum atomic E-state index is 0. The molecule has 0 unspecified atom stereocenters. The molecule has 0 spiro atoms. The van der Waals surface area contributed by atoms with Gasteiger partial charge in [0.05, 0.1) is 0 Å². The van der Waals surface area contributed by atoms with E-state index in [1.165, 1.54) is 16.8 Å². The number of rotatable bonds is 3. The fourth-order valence-electron chi connectivity index (χ4n) is 2.10. The van der Waals surface area contributed by atoms with Crippen molar-refractivity contribution in [3.05, 3.63) is 41.1 Å². The minimum absolute atomic E-state index is 0. The van der Waals surface area contributed by atoms with Crippen LogP contribution in [0, 0.1) is 0 Å². The fraction of sp³-hybridized carbons (Fsp3) is 0.357. The summed E-state index contributed by atoms with van der Waals surface area (Å²) in [7, 11) is 3.75. The van der Waals surface area contributed by atoms with Gasteiger partial charge in [-0.1, -0.05) is 24.3 Å². The molecule has 0 saturated heterocycles. The van der Waals surface area contributed by atoms with Crippen molar-refractivity contribution < 1.29 is 6.22 Å². The number of fused-ring (bicyclic) bond motifs is 1. The molecular formula is C14H20N2O. The summed E-state index contributed by atoms with van der Waals surface area (Å²) in [5.41, 5.74) is 3.85. The lowest BCUT2D eigenvalue weighted by Crippen LogP contribution is -2.23. The molecule has 1 amide bonds. The Morgan fingerprint density at radius 3 is 3.00 bits per heavy atom. The number of carbonyl (C=O) groups is 1. The second-order valence-electron chi connectivity index (χ2n) is 4.36.